The highest BCUT2D eigenvalue weighted by atomic mass is 16.6. The molecule has 0 radical (unpaired) electrons. The van der Waals surface area contributed by atoms with Gasteiger partial charge in [-0.2, -0.15) is 0 Å². The lowest BCUT2D eigenvalue weighted by atomic mass is 9.94. The van der Waals surface area contributed by atoms with Crippen molar-refractivity contribution in [2.45, 2.75) is 64.5 Å². The molecule has 0 unspecified atom stereocenters. The summed E-state index contributed by atoms with van der Waals surface area (Å²) in [5.41, 5.74) is 5.40. The molecule has 9 nitrogen and oxygen atoms in total. The van der Waals surface area contributed by atoms with Gasteiger partial charge in [-0.3, -0.25) is 9.97 Å². The first-order valence-corrected chi connectivity index (χ1v) is 14.3. The molecule has 224 valence electrons. The summed E-state index contributed by atoms with van der Waals surface area (Å²) in [4.78, 5) is 34.0. The highest BCUT2D eigenvalue weighted by Crippen LogP contribution is 2.15. The lowest BCUT2D eigenvalue weighted by Crippen LogP contribution is -2.48. The van der Waals surface area contributed by atoms with E-state index in [0.29, 0.717) is 12.8 Å². The van der Waals surface area contributed by atoms with Gasteiger partial charge in [0, 0.05) is 42.0 Å². The maximum absolute atomic E-state index is 12.8. The van der Waals surface area contributed by atoms with Crippen molar-refractivity contribution < 1.29 is 24.2 Å². The molecule has 0 saturated carbocycles. The van der Waals surface area contributed by atoms with Crippen LogP contribution in [0.4, 0.5) is 9.59 Å². The summed E-state index contributed by atoms with van der Waals surface area (Å²) in [5, 5.41) is 17.2. The lowest BCUT2D eigenvalue weighted by Gasteiger charge is -2.28. The van der Waals surface area contributed by atoms with E-state index in [0.717, 1.165) is 33.4 Å². The largest absolute Gasteiger partial charge is 0.445 e. The van der Waals surface area contributed by atoms with E-state index in [1.807, 2.05) is 86.6 Å². The van der Waals surface area contributed by atoms with E-state index in [-0.39, 0.29) is 19.6 Å². The van der Waals surface area contributed by atoms with Gasteiger partial charge in [-0.25, -0.2) is 9.59 Å². The number of aromatic nitrogens is 2. The van der Waals surface area contributed by atoms with Crippen LogP contribution in [0.5, 0.6) is 0 Å². The summed E-state index contributed by atoms with van der Waals surface area (Å²) >= 11 is 0. The second-order valence-corrected chi connectivity index (χ2v) is 10.7. The Balaban J connectivity index is 1.43. The van der Waals surface area contributed by atoms with Crippen LogP contribution in [0.3, 0.4) is 0 Å². The van der Waals surface area contributed by atoms with Gasteiger partial charge in [0.05, 0.1) is 12.1 Å². The minimum absolute atomic E-state index is 0.0507. The van der Waals surface area contributed by atoms with Crippen LogP contribution in [-0.4, -0.2) is 45.4 Å². The first kappa shape index (κ1) is 31.2. The topological polar surface area (TPSA) is 123 Å². The van der Waals surface area contributed by atoms with E-state index in [2.05, 4.69) is 20.6 Å². The summed E-state index contributed by atoms with van der Waals surface area (Å²) in [7, 11) is 0. The third-order valence-corrected chi connectivity index (χ3v) is 6.84. The molecule has 0 bridgehead atoms. The first-order chi connectivity index (χ1) is 20.8. The van der Waals surface area contributed by atoms with Crippen LogP contribution < -0.4 is 10.6 Å². The fourth-order valence-corrected chi connectivity index (χ4v) is 4.79. The zero-order chi connectivity index (χ0) is 30.4. The lowest BCUT2D eigenvalue weighted by molar-refractivity contribution is 0.0860. The summed E-state index contributed by atoms with van der Waals surface area (Å²) in [6, 6.07) is 21.9. The van der Waals surface area contributed by atoms with Gasteiger partial charge in [0.2, 0.25) is 0 Å². The Hall–Kier alpha value is -4.76. The van der Waals surface area contributed by atoms with Gasteiger partial charge >= 0.3 is 12.2 Å². The number of amides is 2. The molecule has 0 aliphatic carbocycles. The smallest absolute Gasteiger partial charge is 0.407 e. The number of hydrogen-bond donors (Lipinski definition) is 3. The number of ether oxygens (including phenoxy) is 2. The fourth-order valence-electron chi connectivity index (χ4n) is 4.79. The van der Waals surface area contributed by atoms with Crippen LogP contribution in [0, 0.1) is 13.8 Å². The van der Waals surface area contributed by atoms with Crippen LogP contribution in [0.1, 0.15) is 39.8 Å². The number of hydrogen-bond acceptors (Lipinski definition) is 7. The number of rotatable bonds is 13. The van der Waals surface area contributed by atoms with Gasteiger partial charge in [0.15, 0.2) is 0 Å². The second-order valence-electron chi connectivity index (χ2n) is 10.7. The van der Waals surface area contributed by atoms with Crippen molar-refractivity contribution >= 4 is 12.2 Å². The van der Waals surface area contributed by atoms with Crippen LogP contribution in [0.25, 0.3) is 0 Å². The molecule has 0 aliphatic heterocycles. The summed E-state index contributed by atoms with van der Waals surface area (Å²) < 4.78 is 10.9. The zero-order valence-electron chi connectivity index (χ0n) is 24.5. The van der Waals surface area contributed by atoms with E-state index in [9.17, 15) is 14.7 Å². The zero-order valence-corrected chi connectivity index (χ0v) is 24.5. The summed E-state index contributed by atoms with van der Waals surface area (Å²) in [6.07, 6.45) is 5.48. The molecule has 2 aromatic heterocycles. The van der Waals surface area contributed by atoms with Gasteiger partial charge in [-0.15, -0.1) is 0 Å². The first-order valence-electron chi connectivity index (χ1n) is 14.3. The summed E-state index contributed by atoms with van der Waals surface area (Å²) in [6.45, 7) is 3.96. The molecule has 0 aliphatic rings. The number of nitrogens with one attached hydrogen (secondary N) is 2. The molecule has 43 heavy (non-hydrogen) atoms. The number of aliphatic hydroxyl groups excluding tert-OH is 1. The van der Waals surface area contributed by atoms with E-state index in [1.165, 1.54) is 0 Å². The average Bonchev–Trinajstić information content (AvgIpc) is 3.00. The van der Waals surface area contributed by atoms with Crippen LogP contribution in [0.15, 0.2) is 97.6 Å². The number of carbonyl (C=O) groups is 2. The van der Waals surface area contributed by atoms with Crippen molar-refractivity contribution in [2.75, 3.05) is 0 Å². The van der Waals surface area contributed by atoms with Crippen molar-refractivity contribution in [1.82, 2.24) is 20.6 Å². The maximum Gasteiger partial charge on any atom is 0.407 e. The monoisotopic (exact) mass is 582 g/mol. The molecule has 9 heteroatoms. The Morgan fingerprint density at radius 2 is 1.19 bits per heavy atom. The molecular weight excluding hydrogens is 544 g/mol. The van der Waals surface area contributed by atoms with Crippen LogP contribution in [-0.2, 0) is 35.5 Å². The molecule has 3 N–H and O–H groups in total. The normalized spacial score (nSPS) is 12.9. The van der Waals surface area contributed by atoms with Gasteiger partial charge in [-0.1, -0.05) is 60.7 Å². The maximum atomic E-state index is 12.8. The van der Waals surface area contributed by atoms with E-state index in [1.54, 1.807) is 24.8 Å². The van der Waals surface area contributed by atoms with Crippen molar-refractivity contribution in [1.29, 1.82) is 0 Å². The fraction of sp³-hybridized carbons (Fsp3) is 0.294. The second kappa shape index (κ2) is 16.0. The number of nitrogens with zero attached hydrogens (tertiary/aromatic N) is 2. The molecule has 4 rings (SSSR count). The molecular formula is C34H38N4O5. The Morgan fingerprint density at radius 1 is 0.698 bits per heavy atom. The number of benzene rings is 2. The minimum Gasteiger partial charge on any atom is -0.445 e. The standard InChI is InChI=1S/C34H38N4O5/c1-24-13-28(20-35-18-24)22-42-33(40)37-30(15-26-9-5-3-6-10-26)17-32(39)31(16-27-11-7-4-8-12-27)38-34(41)43-23-29-14-25(2)19-36-21-29/h3-14,18-21,30-32,39H,15-17,22-23H2,1-2H3,(H,37,40)(H,38,41)/t30-,31-,32-/m0/s1. The third kappa shape index (κ3) is 10.9. The Bertz CT molecular complexity index is 1450. The van der Waals surface area contributed by atoms with Crippen LogP contribution in [0.2, 0.25) is 0 Å². The molecule has 2 aromatic carbocycles. The highest BCUT2D eigenvalue weighted by molar-refractivity contribution is 5.68. The van der Waals surface area contributed by atoms with Crippen LogP contribution >= 0.6 is 0 Å². The summed E-state index contributed by atoms with van der Waals surface area (Å²) in [5.74, 6) is 0. The predicted molar refractivity (Wildman–Crippen MR) is 163 cm³/mol. The predicted octanol–water partition coefficient (Wildman–Crippen LogP) is 5.22. The Kier molecular flexibility index (Phi) is 11.6. The molecule has 4 aromatic rings. The van der Waals surface area contributed by atoms with Gasteiger partial charge < -0.3 is 25.2 Å². The van der Waals surface area contributed by atoms with Crippen molar-refractivity contribution in [3.63, 3.8) is 0 Å². The highest BCUT2D eigenvalue weighted by Gasteiger charge is 2.27. The van der Waals surface area contributed by atoms with Crippen molar-refractivity contribution in [3.8, 4) is 0 Å². The molecule has 3 atom stereocenters. The molecule has 2 heterocycles. The molecule has 2 amide bonds. The number of pyridine rings is 2. The van der Waals surface area contributed by atoms with Crippen molar-refractivity contribution in [3.05, 3.63) is 131 Å². The molecule has 0 fully saturated rings. The van der Waals surface area contributed by atoms with Gasteiger partial charge in [0.25, 0.3) is 0 Å². The van der Waals surface area contributed by atoms with E-state index in [4.69, 9.17) is 9.47 Å². The van der Waals surface area contributed by atoms with Gasteiger partial charge in [0.1, 0.15) is 13.2 Å². The van der Waals surface area contributed by atoms with E-state index >= 15 is 0 Å². The molecule has 0 spiro atoms. The average molecular weight is 583 g/mol. The number of alkyl carbamates (subject to hydrolysis) is 2. The SMILES string of the molecule is Cc1cncc(COC(=O)N[C@@H](Cc2ccccc2)C[C@H](O)[C@H](Cc2ccccc2)NC(=O)OCc2cncc(C)c2)c1. The number of aryl methyl sites for hydroxylation is 2. The Labute approximate surface area is 252 Å². The van der Waals surface area contributed by atoms with E-state index < -0.39 is 30.4 Å². The number of aliphatic hydroxyl groups is 1. The quantitative estimate of drug-likeness (QED) is 0.198. The number of carbonyl (C=O) groups excluding carboxylic acids is 2. The molecule has 0 saturated heterocycles. The minimum atomic E-state index is -1.01. The third-order valence-electron chi connectivity index (χ3n) is 6.84. The van der Waals surface area contributed by atoms with Crippen molar-refractivity contribution in [2.24, 2.45) is 0 Å². The Morgan fingerprint density at radius 3 is 1.70 bits per heavy atom. The van der Waals surface area contributed by atoms with Gasteiger partial charge in [-0.05, 0) is 67.5 Å².